The van der Waals surface area contributed by atoms with Crippen LogP contribution in [0.3, 0.4) is 0 Å². The van der Waals surface area contributed by atoms with Gasteiger partial charge in [0.15, 0.2) is 0 Å². The first-order chi connectivity index (χ1) is 9.88. The van der Waals surface area contributed by atoms with Crippen LogP contribution in [0.1, 0.15) is 12.1 Å². The minimum absolute atomic E-state index is 0.407. The summed E-state index contributed by atoms with van der Waals surface area (Å²) >= 11 is 0. The predicted molar refractivity (Wildman–Crippen MR) is 71.0 cm³/mol. The molecular formula is C12H13FN4O3S. The average molecular weight is 312 g/mol. The third-order valence-corrected chi connectivity index (χ3v) is 4.32. The summed E-state index contributed by atoms with van der Waals surface area (Å²) in [6.45, 7) is 1.11. The number of aromatic nitrogens is 3. The number of nitrogens with zero attached hydrogens (tertiary/aromatic N) is 3. The van der Waals surface area contributed by atoms with Gasteiger partial charge in [-0.05, 0) is 37.2 Å². The van der Waals surface area contributed by atoms with E-state index in [1.54, 1.807) is 6.20 Å². The average Bonchev–Trinajstić information content (AvgIpc) is 3.07. The molecule has 112 valence electrons. The van der Waals surface area contributed by atoms with Crippen molar-refractivity contribution in [3.05, 3.63) is 36.2 Å². The molecule has 0 radical (unpaired) electrons. The van der Waals surface area contributed by atoms with E-state index in [-0.39, 0.29) is 0 Å². The van der Waals surface area contributed by atoms with Crippen LogP contribution in [-0.4, -0.2) is 41.6 Å². The fraction of sp³-hybridized carbons (Fsp3) is 0.333. The molecule has 3 rings (SSSR count). The molecule has 1 unspecified atom stereocenters. The van der Waals surface area contributed by atoms with E-state index in [0.717, 1.165) is 12.1 Å². The van der Waals surface area contributed by atoms with Crippen molar-refractivity contribution in [2.75, 3.05) is 13.1 Å². The number of benzene rings is 1. The lowest BCUT2D eigenvalue weighted by molar-refractivity contribution is 0.0540. The van der Waals surface area contributed by atoms with Gasteiger partial charge in [-0.3, -0.25) is 0 Å². The summed E-state index contributed by atoms with van der Waals surface area (Å²) in [6, 6.07) is 5.14. The minimum Gasteiger partial charge on any atom is -0.382 e. The Kier molecular flexibility index (Phi) is 3.27. The van der Waals surface area contributed by atoms with E-state index in [9.17, 15) is 17.4 Å². The van der Waals surface area contributed by atoms with Crippen LogP contribution in [0.25, 0.3) is 5.69 Å². The molecule has 2 aromatic rings. The molecule has 1 aromatic carbocycles. The number of halogens is 1. The second kappa shape index (κ2) is 4.86. The Balaban J connectivity index is 1.90. The zero-order chi connectivity index (χ0) is 15.1. The molecular weight excluding hydrogens is 299 g/mol. The van der Waals surface area contributed by atoms with Crippen LogP contribution < -0.4 is 5.32 Å². The summed E-state index contributed by atoms with van der Waals surface area (Å²) in [6.07, 6.45) is 2.12. The van der Waals surface area contributed by atoms with Crippen LogP contribution in [0.5, 0.6) is 0 Å². The van der Waals surface area contributed by atoms with Gasteiger partial charge < -0.3 is 10.4 Å². The Morgan fingerprint density at radius 2 is 2.05 bits per heavy atom. The molecule has 9 heteroatoms. The third-order valence-electron chi connectivity index (χ3n) is 3.49. The quantitative estimate of drug-likeness (QED) is 0.781. The lowest BCUT2D eigenvalue weighted by Crippen LogP contribution is -2.28. The molecule has 0 saturated carbocycles. The summed E-state index contributed by atoms with van der Waals surface area (Å²) in [5.41, 5.74) is -0.0779. The first-order valence-electron chi connectivity index (χ1n) is 6.30. The summed E-state index contributed by atoms with van der Waals surface area (Å²) in [5.74, 6) is 0. The number of hydrogen-bond donors (Lipinski definition) is 2. The summed E-state index contributed by atoms with van der Waals surface area (Å²) in [4.78, 5) is -0.412. The Hall–Kier alpha value is -1.84. The molecule has 2 heterocycles. The summed E-state index contributed by atoms with van der Waals surface area (Å²) in [5, 5.41) is 21.3. The Morgan fingerprint density at radius 1 is 1.33 bits per heavy atom. The van der Waals surface area contributed by atoms with Crippen LogP contribution >= 0.6 is 0 Å². The highest BCUT2D eigenvalue weighted by Crippen LogP contribution is 2.26. The lowest BCUT2D eigenvalue weighted by Gasteiger charge is -2.16. The van der Waals surface area contributed by atoms with Crippen molar-refractivity contribution >= 4 is 10.2 Å². The summed E-state index contributed by atoms with van der Waals surface area (Å²) in [7, 11) is -4.71. The zero-order valence-corrected chi connectivity index (χ0v) is 11.7. The van der Waals surface area contributed by atoms with Crippen molar-refractivity contribution in [1.29, 1.82) is 0 Å². The molecule has 0 spiro atoms. The normalized spacial score (nSPS) is 22.6. The van der Waals surface area contributed by atoms with E-state index in [1.807, 2.05) is 0 Å². The second-order valence-electron chi connectivity index (χ2n) is 4.94. The Morgan fingerprint density at radius 3 is 2.62 bits per heavy atom. The maximum Gasteiger partial charge on any atom is 0.332 e. The molecule has 1 aromatic heterocycles. The smallest absolute Gasteiger partial charge is 0.332 e. The number of β-amino-alcohol motifs (C(OH)–C–C–N with tert-alkyl or cyclic N) is 1. The van der Waals surface area contributed by atoms with E-state index in [0.29, 0.717) is 30.9 Å². The van der Waals surface area contributed by atoms with Crippen LogP contribution in [0.4, 0.5) is 3.89 Å². The Labute approximate surface area is 120 Å². The van der Waals surface area contributed by atoms with Gasteiger partial charge in [-0.2, -0.15) is 8.42 Å². The third kappa shape index (κ3) is 2.67. The van der Waals surface area contributed by atoms with Gasteiger partial charge in [0.05, 0.1) is 16.8 Å². The van der Waals surface area contributed by atoms with Crippen LogP contribution in [0.15, 0.2) is 35.4 Å². The van der Waals surface area contributed by atoms with Gasteiger partial charge in [-0.1, -0.05) is 5.21 Å². The molecule has 1 atom stereocenters. The first kappa shape index (κ1) is 14.1. The van der Waals surface area contributed by atoms with E-state index in [2.05, 4.69) is 15.6 Å². The number of hydrogen-bond acceptors (Lipinski definition) is 6. The highest BCUT2D eigenvalue weighted by molar-refractivity contribution is 7.86. The van der Waals surface area contributed by atoms with Gasteiger partial charge in [0.25, 0.3) is 0 Å². The van der Waals surface area contributed by atoms with Crippen molar-refractivity contribution in [3.8, 4) is 5.69 Å². The monoisotopic (exact) mass is 312 g/mol. The molecule has 0 aliphatic carbocycles. The fourth-order valence-corrected chi connectivity index (χ4v) is 2.72. The minimum atomic E-state index is -4.71. The van der Waals surface area contributed by atoms with Crippen molar-refractivity contribution in [2.24, 2.45) is 0 Å². The van der Waals surface area contributed by atoms with Crippen molar-refractivity contribution in [1.82, 2.24) is 20.3 Å². The fourth-order valence-electron chi connectivity index (χ4n) is 2.26. The van der Waals surface area contributed by atoms with Crippen molar-refractivity contribution in [2.45, 2.75) is 16.9 Å². The SMILES string of the molecule is O=S(=O)(F)c1ccc(-n2cc(C3(O)CCNC3)nn2)cc1. The van der Waals surface area contributed by atoms with Gasteiger partial charge >= 0.3 is 10.2 Å². The van der Waals surface area contributed by atoms with Gasteiger partial charge in [0.2, 0.25) is 0 Å². The highest BCUT2D eigenvalue weighted by atomic mass is 32.3. The first-order valence-corrected chi connectivity index (χ1v) is 7.68. The van der Waals surface area contributed by atoms with Gasteiger partial charge in [-0.25, -0.2) is 4.68 Å². The topological polar surface area (TPSA) is 97.1 Å². The highest BCUT2D eigenvalue weighted by Gasteiger charge is 2.35. The van der Waals surface area contributed by atoms with E-state index in [1.165, 1.54) is 16.8 Å². The van der Waals surface area contributed by atoms with Crippen LogP contribution in [-0.2, 0) is 15.8 Å². The lowest BCUT2D eigenvalue weighted by atomic mass is 10.0. The number of aliphatic hydroxyl groups is 1. The second-order valence-corrected chi connectivity index (χ2v) is 6.29. The molecule has 1 fully saturated rings. The zero-order valence-electron chi connectivity index (χ0n) is 10.9. The maximum atomic E-state index is 12.8. The molecule has 7 nitrogen and oxygen atoms in total. The van der Waals surface area contributed by atoms with Crippen molar-refractivity contribution in [3.63, 3.8) is 0 Å². The standard InChI is InChI=1S/C12H13FN4O3S/c13-21(19,20)10-3-1-9(2-4-10)17-7-11(15-16-17)12(18)5-6-14-8-12/h1-4,7,14,18H,5-6,8H2. The van der Waals surface area contributed by atoms with E-state index in [4.69, 9.17) is 0 Å². The van der Waals surface area contributed by atoms with Gasteiger partial charge in [-0.15, -0.1) is 8.98 Å². The van der Waals surface area contributed by atoms with Crippen molar-refractivity contribution < 1.29 is 17.4 Å². The van der Waals surface area contributed by atoms with Crippen LogP contribution in [0, 0.1) is 0 Å². The van der Waals surface area contributed by atoms with E-state index >= 15 is 0 Å². The Bertz CT molecular complexity index is 751. The molecule has 0 amide bonds. The molecule has 21 heavy (non-hydrogen) atoms. The molecule has 1 aliphatic rings. The van der Waals surface area contributed by atoms with E-state index < -0.39 is 20.7 Å². The largest absolute Gasteiger partial charge is 0.382 e. The predicted octanol–water partition coefficient (Wildman–Crippen LogP) is 0.106. The molecule has 1 saturated heterocycles. The number of nitrogens with one attached hydrogen (secondary N) is 1. The maximum absolute atomic E-state index is 12.8. The van der Waals surface area contributed by atoms with Gasteiger partial charge in [0, 0.05) is 6.54 Å². The molecule has 2 N–H and O–H groups in total. The van der Waals surface area contributed by atoms with Gasteiger partial charge in [0.1, 0.15) is 11.3 Å². The molecule has 0 bridgehead atoms. The van der Waals surface area contributed by atoms with Crippen LogP contribution in [0.2, 0.25) is 0 Å². The number of rotatable bonds is 3. The molecule has 1 aliphatic heterocycles. The summed E-state index contributed by atoms with van der Waals surface area (Å²) < 4.78 is 35.7.